The molecule has 3 heterocycles. The van der Waals surface area contributed by atoms with Crippen LogP contribution in [0.3, 0.4) is 0 Å². The van der Waals surface area contributed by atoms with Crippen molar-refractivity contribution in [2.75, 3.05) is 20.1 Å². The summed E-state index contributed by atoms with van der Waals surface area (Å²) in [5, 5.41) is 4.02. The zero-order valence-electron chi connectivity index (χ0n) is 16.0. The molecule has 1 aromatic carbocycles. The van der Waals surface area contributed by atoms with Crippen LogP contribution in [-0.2, 0) is 17.9 Å². The van der Waals surface area contributed by atoms with Gasteiger partial charge in [0.15, 0.2) is 0 Å². The lowest BCUT2D eigenvalue weighted by molar-refractivity contribution is -0.137. The summed E-state index contributed by atoms with van der Waals surface area (Å²) in [5.74, 6) is 2.01. The van der Waals surface area contributed by atoms with Crippen molar-refractivity contribution in [1.29, 1.82) is 0 Å². The largest absolute Gasteiger partial charge is 0.468 e. The molecule has 7 heteroatoms. The summed E-state index contributed by atoms with van der Waals surface area (Å²) in [5.41, 5.74) is 0.896. The van der Waals surface area contributed by atoms with Gasteiger partial charge in [0.1, 0.15) is 5.76 Å². The van der Waals surface area contributed by atoms with Crippen molar-refractivity contribution in [1.82, 2.24) is 19.9 Å². The molecule has 1 aliphatic heterocycles. The predicted molar refractivity (Wildman–Crippen MR) is 103 cm³/mol. The van der Waals surface area contributed by atoms with Gasteiger partial charge in [0.25, 0.3) is 0 Å². The topological polar surface area (TPSA) is 75.6 Å². The molecule has 1 atom stereocenters. The van der Waals surface area contributed by atoms with Gasteiger partial charge in [-0.1, -0.05) is 35.5 Å². The molecule has 2 aromatic heterocycles. The Hall–Kier alpha value is -2.93. The highest BCUT2D eigenvalue weighted by Crippen LogP contribution is 2.21. The van der Waals surface area contributed by atoms with Crippen LogP contribution in [0.25, 0.3) is 11.4 Å². The molecule has 0 bridgehead atoms. The van der Waals surface area contributed by atoms with E-state index < -0.39 is 0 Å². The Morgan fingerprint density at radius 3 is 2.89 bits per heavy atom. The van der Waals surface area contributed by atoms with E-state index in [1.165, 1.54) is 0 Å². The molecule has 146 valence electrons. The first kappa shape index (κ1) is 18.4. The lowest BCUT2D eigenvalue weighted by Crippen LogP contribution is -2.43. The summed E-state index contributed by atoms with van der Waals surface area (Å²) in [4.78, 5) is 21.3. The molecule has 0 unspecified atom stereocenters. The maximum absolute atomic E-state index is 12.9. The van der Waals surface area contributed by atoms with E-state index in [9.17, 15) is 4.79 Å². The van der Waals surface area contributed by atoms with Crippen LogP contribution in [0.4, 0.5) is 0 Å². The highest BCUT2D eigenvalue weighted by molar-refractivity contribution is 5.78. The normalized spacial score (nSPS) is 17.5. The van der Waals surface area contributed by atoms with Gasteiger partial charge < -0.3 is 13.8 Å². The Bertz CT molecular complexity index is 892. The molecule has 28 heavy (non-hydrogen) atoms. The zero-order valence-corrected chi connectivity index (χ0v) is 16.0. The summed E-state index contributed by atoms with van der Waals surface area (Å²) in [7, 11) is 1.79. The van der Waals surface area contributed by atoms with E-state index in [1.54, 1.807) is 18.2 Å². The van der Waals surface area contributed by atoms with Crippen LogP contribution in [0.5, 0.6) is 0 Å². The highest BCUT2D eigenvalue weighted by Gasteiger charge is 2.29. The quantitative estimate of drug-likeness (QED) is 0.654. The van der Waals surface area contributed by atoms with Gasteiger partial charge in [-0.05, 0) is 31.5 Å². The number of carbonyl (C=O) groups excluding carboxylic acids is 1. The number of benzene rings is 1. The fraction of sp³-hybridized carbons (Fsp3) is 0.381. The molecule has 1 amide bonds. The second-order valence-electron chi connectivity index (χ2n) is 7.23. The first-order chi connectivity index (χ1) is 13.7. The molecule has 0 saturated carbocycles. The van der Waals surface area contributed by atoms with Crippen LogP contribution in [0, 0.1) is 5.92 Å². The molecular formula is C21H24N4O3. The number of nitrogens with zero attached hydrogens (tertiary/aromatic N) is 4. The Kier molecular flexibility index (Phi) is 5.53. The summed E-state index contributed by atoms with van der Waals surface area (Å²) >= 11 is 0. The first-order valence-electron chi connectivity index (χ1n) is 9.57. The van der Waals surface area contributed by atoms with Crippen LogP contribution < -0.4 is 0 Å². The van der Waals surface area contributed by atoms with Crippen molar-refractivity contribution < 1.29 is 13.7 Å². The van der Waals surface area contributed by atoms with Crippen LogP contribution in [0.1, 0.15) is 24.5 Å². The Balaban J connectivity index is 1.35. The maximum atomic E-state index is 12.9. The third kappa shape index (κ3) is 4.31. The van der Waals surface area contributed by atoms with E-state index in [0.717, 1.165) is 43.8 Å². The van der Waals surface area contributed by atoms with Gasteiger partial charge in [0, 0.05) is 19.2 Å². The number of rotatable bonds is 6. The van der Waals surface area contributed by atoms with E-state index in [4.69, 9.17) is 8.94 Å². The number of carbonyl (C=O) groups is 1. The SMILES string of the molecule is CN(Cc1nc(-c2ccccc2)no1)C(=O)[C@@H]1CCCN(Cc2ccco2)C1. The van der Waals surface area contributed by atoms with Gasteiger partial charge in [-0.25, -0.2) is 0 Å². The van der Waals surface area contributed by atoms with E-state index in [2.05, 4.69) is 15.0 Å². The Labute approximate surface area is 163 Å². The van der Waals surface area contributed by atoms with Crippen molar-refractivity contribution in [2.24, 2.45) is 5.92 Å². The molecule has 1 aliphatic rings. The van der Waals surface area contributed by atoms with Gasteiger partial charge in [-0.3, -0.25) is 9.69 Å². The monoisotopic (exact) mass is 380 g/mol. The first-order valence-corrected chi connectivity index (χ1v) is 9.57. The van der Waals surface area contributed by atoms with Crippen molar-refractivity contribution in [3.63, 3.8) is 0 Å². The van der Waals surface area contributed by atoms with Crippen LogP contribution >= 0.6 is 0 Å². The molecule has 3 aromatic rings. The second kappa shape index (κ2) is 8.39. The summed E-state index contributed by atoms with van der Waals surface area (Å²) in [6.07, 6.45) is 3.59. The smallest absolute Gasteiger partial charge is 0.246 e. The standard InChI is InChI=1S/C21H24N4O3/c1-24(15-19-22-20(23-28-19)16-7-3-2-4-8-16)21(26)17-9-5-11-25(13-17)14-18-10-6-12-27-18/h2-4,6-8,10,12,17H,5,9,11,13-15H2,1H3/t17-/m1/s1. The molecule has 0 radical (unpaired) electrons. The zero-order chi connectivity index (χ0) is 19.3. The lowest BCUT2D eigenvalue weighted by Gasteiger charge is -2.33. The minimum Gasteiger partial charge on any atom is -0.468 e. The Morgan fingerprint density at radius 2 is 2.11 bits per heavy atom. The van der Waals surface area contributed by atoms with Crippen molar-refractivity contribution in [3.8, 4) is 11.4 Å². The third-order valence-corrected chi connectivity index (χ3v) is 5.06. The maximum Gasteiger partial charge on any atom is 0.246 e. The number of amides is 1. The molecule has 0 N–H and O–H groups in total. The average molecular weight is 380 g/mol. The number of aromatic nitrogens is 2. The number of furan rings is 1. The number of hydrogen-bond donors (Lipinski definition) is 0. The highest BCUT2D eigenvalue weighted by atomic mass is 16.5. The van der Waals surface area contributed by atoms with Crippen molar-refractivity contribution in [3.05, 3.63) is 60.4 Å². The van der Waals surface area contributed by atoms with Gasteiger partial charge >= 0.3 is 0 Å². The van der Waals surface area contributed by atoms with Gasteiger partial charge in [0.05, 0.1) is 25.3 Å². The fourth-order valence-electron chi connectivity index (χ4n) is 3.64. The van der Waals surface area contributed by atoms with Crippen molar-refractivity contribution in [2.45, 2.75) is 25.9 Å². The minimum atomic E-state index is -0.0229. The molecule has 1 saturated heterocycles. The molecular weight excluding hydrogens is 356 g/mol. The van der Waals surface area contributed by atoms with E-state index in [-0.39, 0.29) is 11.8 Å². The van der Waals surface area contributed by atoms with Crippen LogP contribution in [0.2, 0.25) is 0 Å². The minimum absolute atomic E-state index is 0.0229. The molecule has 0 aliphatic carbocycles. The van der Waals surface area contributed by atoms with Crippen molar-refractivity contribution >= 4 is 5.91 Å². The van der Waals surface area contributed by atoms with E-state index >= 15 is 0 Å². The average Bonchev–Trinajstić information content (AvgIpc) is 3.40. The number of likely N-dealkylation sites (tertiary alicyclic amines) is 1. The lowest BCUT2D eigenvalue weighted by atomic mass is 9.96. The third-order valence-electron chi connectivity index (χ3n) is 5.06. The molecule has 4 rings (SSSR count). The second-order valence-corrected chi connectivity index (χ2v) is 7.23. The van der Waals surface area contributed by atoms with Gasteiger partial charge in [-0.2, -0.15) is 4.98 Å². The van der Waals surface area contributed by atoms with Gasteiger partial charge in [0.2, 0.25) is 17.6 Å². The number of hydrogen-bond acceptors (Lipinski definition) is 6. The summed E-state index contributed by atoms with van der Waals surface area (Å²) in [6.45, 7) is 2.78. The summed E-state index contributed by atoms with van der Waals surface area (Å²) < 4.78 is 10.8. The van der Waals surface area contributed by atoms with E-state index in [0.29, 0.717) is 18.3 Å². The Morgan fingerprint density at radius 1 is 1.25 bits per heavy atom. The predicted octanol–water partition coefficient (Wildman–Crippen LogP) is 3.20. The molecule has 7 nitrogen and oxygen atoms in total. The fourth-order valence-corrected chi connectivity index (χ4v) is 3.64. The van der Waals surface area contributed by atoms with Crippen LogP contribution in [-0.4, -0.2) is 46.0 Å². The summed E-state index contributed by atoms with van der Waals surface area (Å²) in [6, 6.07) is 13.5. The number of piperidine rings is 1. The molecule has 1 fully saturated rings. The molecule has 0 spiro atoms. The van der Waals surface area contributed by atoms with Gasteiger partial charge in [-0.15, -0.1) is 0 Å². The van der Waals surface area contributed by atoms with Crippen LogP contribution in [0.15, 0.2) is 57.7 Å². The van der Waals surface area contributed by atoms with E-state index in [1.807, 2.05) is 42.5 Å².